The summed E-state index contributed by atoms with van der Waals surface area (Å²) >= 11 is 0. The Morgan fingerprint density at radius 1 is 0.810 bits per heavy atom. The molecule has 0 aliphatic heterocycles. The third-order valence-electron chi connectivity index (χ3n) is 3.49. The molecule has 21 heavy (non-hydrogen) atoms. The molecule has 0 heterocycles. The van der Waals surface area contributed by atoms with Crippen LogP contribution in [0.2, 0.25) is 26.2 Å². The third-order valence-corrected chi connectivity index (χ3v) is 16.2. The van der Waals surface area contributed by atoms with Crippen LogP contribution in [0.3, 0.4) is 0 Å². The molecular formula is C14H27Li2N2PSi2. The van der Waals surface area contributed by atoms with Crippen LogP contribution in [0, 0.1) is 0 Å². The molecule has 0 radical (unpaired) electrons. The number of benzene rings is 1. The molecule has 108 valence electrons. The summed E-state index contributed by atoms with van der Waals surface area (Å²) < 4.78 is 0. The summed E-state index contributed by atoms with van der Waals surface area (Å²) in [5.41, 5.74) is 0. The molecule has 0 saturated carbocycles. The minimum atomic E-state index is -1.40. The molecule has 1 aromatic rings. The Morgan fingerprint density at radius 3 is 1.52 bits per heavy atom. The average molecular weight is 324 g/mol. The van der Waals surface area contributed by atoms with Gasteiger partial charge in [0.15, 0.2) is 0 Å². The second-order valence-electron chi connectivity index (χ2n) is 6.26. The zero-order valence-corrected chi connectivity index (χ0v) is 18.0. The summed E-state index contributed by atoms with van der Waals surface area (Å²) in [4.78, 5) is 9.36. The number of hydrogen-bond acceptors (Lipinski definition) is 0. The molecule has 0 aromatic heterocycles. The van der Waals surface area contributed by atoms with E-state index >= 15 is 0 Å². The molecule has 0 bridgehead atoms. The van der Waals surface area contributed by atoms with Gasteiger partial charge in [0.25, 0.3) is 0 Å². The molecule has 1 aromatic carbocycles. The van der Waals surface area contributed by atoms with Gasteiger partial charge >= 0.3 is 37.7 Å². The molecular weight excluding hydrogens is 297 g/mol. The fourth-order valence-electron chi connectivity index (χ4n) is 1.95. The quantitative estimate of drug-likeness (QED) is 0.423. The fraction of sp³-hybridized carbons (Fsp3) is 0.571. The van der Waals surface area contributed by atoms with Gasteiger partial charge in [-0.05, 0) is 5.30 Å². The summed E-state index contributed by atoms with van der Waals surface area (Å²) in [5.74, 6) is 2.60. The Labute approximate surface area is 158 Å². The minimum Gasteiger partial charge on any atom is -0.667 e. The molecule has 7 heteroatoms. The largest absolute Gasteiger partial charge is 1.00 e. The van der Waals surface area contributed by atoms with Crippen molar-refractivity contribution in [2.45, 2.75) is 26.2 Å². The molecule has 0 atom stereocenters. The maximum atomic E-state index is 4.68. The van der Waals surface area contributed by atoms with E-state index in [-0.39, 0.29) is 45.6 Å². The summed E-state index contributed by atoms with van der Waals surface area (Å²) in [5, 5.41) is 1.53. The van der Waals surface area contributed by atoms with Crippen LogP contribution in [0.4, 0.5) is 0 Å². The van der Waals surface area contributed by atoms with Crippen molar-refractivity contribution in [3.63, 3.8) is 0 Å². The molecule has 0 fully saturated rings. The van der Waals surface area contributed by atoms with Gasteiger partial charge in [-0.3, -0.25) is 0 Å². The number of rotatable bonds is 7. The summed E-state index contributed by atoms with van der Waals surface area (Å²) in [7, 11) is 1.08. The van der Waals surface area contributed by atoms with Crippen LogP contribution in [0.1, 0.15) is 0 Å². The van der Waals surface area contributed by atoms with Crippen molar-refractivity contribution in [2.24, 2.45) is 0 Å². The van der Waals surface area contributed by atoms with Gasteiger partial charge in [0, 0.05) is 0 Å². The van der Waals surface area contributed by atoms with Crippen molar-refractivity contribution in [1.29, 1.82) is 0 Å². The maximum absolute atomic E-state index is 4.68. The van der Waals surface area contributed by atoms with Crippen LogP contribution >= 0.6 is 7.92 Å². The first-order valence-electron chi connectivity index (χ1n) is 6.82. The molecule has 1 rings (SSSR count). The van der Waals surface area contributed by atoms with E-state index in [1.165, 1.54) is 16.9 Å². The van der Waals surface area contributed by atoms with Crippen LogP contribution in [0.15, 0.2) is 30.3 Å². The molecule has 0 unspecified atom stereocenters. The number of hydrogen-bond donors (Lipinski definition) is 0. The molecule has 0 aliphatic carbocycles. The average Bonchev–Trinajstić information content (AvgIpc) is 2.38. The Kier molecular flexibility index (Phi) is 12.7. The van der Waals surface area contributed by atoms with Gasteiger partial charge in [-0.1, -0.05) is 92.5 Å². The Balaban J connectivity index is 0. The second-order valence-corrected chi connectivity index (χ2v) is 18.5. The molecule has 0 amide bonds. The monoisotopic (exact) mass is 324 g/mol. The van der Waals surface area contributed by atoms with Crippen molar-refractivity contribution >= 4 is 29.7 Å². The summed E-state index contributed by atoms with van der Waals surface area (Å²) in [6.45, 7) is 9.51. The van der Waals surface area contributed by atoms with Crippen molar-refractivity contribution in [3.05, 3.63) is 40.3 Å². The van der Waals surface area contributed by atoms with E-state index in [1.807, 2.05) is 14.1 Å². The van der Waals surface area contributed by atoms with Gasteiger partial charge in [0.05, 0.1) is 0 Å². The van der Waals surface area contributed by atoms with Crippen LogP contribution < -0.4 is 43.0 Å². The standard InChI is InChI=1S/C14H27N2PSi2.2Li/c1-15-18(3,4)12-17(13-19(5,6)16-2)14-10-8-7-9-11-14;;/h7-11H,12-13H2,1-6H3;;/q-2;2*+1. The first-order chi connectivity index (χ1) is 8.79. The fourth-order valence-corrected chi connectivity index (χ4v) is 14.1. The van der Waals surface area contributed by atoms with E-state index in [0.717, 1.165) is 0 Å². The SMILES string of the molecule is C[N-][Si](C)(C)CP(C[Si](C)(C)[N-]C)c1ccccc1.[Li+].[Li+]. The van der Waals surface area contributed by atoms with Crippen molar-refractivity contribution in [2.75, 3.05) is 25.7 Å². The first-order valence-corrected chi connectivity index (χ1v) is 14.8. The van der Waals surface area contributed by atoms with Crippen LogP contribution in [-0.2, 0) is 0 Å². The van der Waals surface area contributed by atoms with Gasteiger partial charge in [-0.2, -0.15) is 14.1 Å². The summed E-state index contributed by atoms with van der Waals surface area (Å²) in [6.07, 6.45) is 0. The number of nitrogens with zero attached hydrogens (tertiary/aromatic N) is 2. The predicted molar refractivity (Wildman–Crippen MR) is 96.3 cm³/mol. The Bertz CT molecular complexity index is 374. The van der Waals surface area contributed by atoms with E-state index in [9.17, 15) is 0 Å². The third kappa shape index (κ3) is 9.16. The molecule has 0 spiro atoms. The molecule has 0 N–H and O–H groups in total. The van der Waals surface area contributed by atoms with E-state index in [4.69, 9.17) is 0 Å². The van der Waals surface area contributed by atoms with Gasteiger partial charge in [0.1, 0.15) is 0 Å². The van der Waals surface area contributed by atoms with E-state index in [0.29, 0.717) is 0 Å². The van der Waals surface area contributed by atoms with Crippen LogP contribution in [0.5, 0.6) is 0 Å². The second kappa shape index (κ2) is 10.9. The molecule has 0 saturated heterocycles. The zero-order valence-electron chi connectivity index (χ0n) is 15.1. The van der Waals surface area contributed by atoms with Crippen molar-refractivity contribution < 1.29 is 37.7 Å². The van der Waals surface area contributed by atoms with E-state index in [1.54, 1.807) is 0 Å². The Hall–Kier alpha value is 1.20. The topological polar surface area (TPSA) is 28.2 Å². The zero-order chi connectivity index (χ0) is 14.5. The van der Waals surface area contributed by atoms with Gasteiger partial charge in [-0.25, -0.2) is 0 Å². The van der Waals surface area contributed by atoms with Gasteiger partial charge < -0.3 is 9.96 Å². The smallest absolute Gasteiger partial charge is 0.667 e. The molecule has 2 nitrogen and oxygen atoms in total. The first kappa shape index (κ1) is 24.5. The van der Waals surface area contributed by atoms with Gasteiger partial charge in [0.2, 0.25) is 0 Å². The van der Waals surface area contributed by atoms with Crippen molar-refractivity contribution in [3.8, 4) is 0 Å². The summed E-state index contributed by atoms with van der Waals surface area (Å²) in [6, 6.07) is 11.0. The molecule has 0 aliphatic rings. The minimum absolute atomic E-state index is 0. The van der Waals surface area contributed by atoms with Crippen molar-refractivity contribution in [1.82, 2.24) is 0 Å². The van der Waals surface area contributed by atoms with E-state index in [2.05, 4.69) is 66.5 Å². The van der Waals surface area contributed by atoms with Crippen LogP contribution in [-0.4, -0.2) is 42.1 Å². The normalized spacial score (nSPS) is 11.8. The maximum Gasteiger partial charge on any atom is 1.00 e. The van der Waals surface area contributed by atoms with E-state index < -0.39 is 16.5 Å². The Morgan fingerprint density at radius 2 is 1.19 bits per heavy atom. The van der Waals surface area contributed by atoms with Gasteiger partial charge in [-0.15, -0.1) is 0 Å². The predicted octanol–water partition coefficient (Wildman–Crippen LogP) is -1.70. The van der Waals surface area contributed by atoms with Crippen LogP contribution in [0.25, 0.3) is 9.96 Å².